The van der Waals surface area contributed by atoms with Crippen molar-refractivity contribution in [3.8, 4) is 0 Å². The maximum absolute atomic E-state index is 13.5. The minimum Gasteiger partial charge on any atom is -0.390 e. The molecule has 4 heterocycles. The Balaban J connectivity index is 1.43. The Morgan fingerprint density at radius 3 is 2.75 bits per heavy atom. The first kappa shape index (κ1) is 24.8. The first-order valence-corrected chi connectivity index (χ1v) is 12.1. The Labute approximate surface area is 209 Å². The number of aromatic nitrogens is 4. The van der Waals surface area contributed by atoms with Gasteiger partial charge in [-0.3, -0.25) is 9.48 Å². The topological polar surface area (TPSA) is 85.4 Å². The van der Waals surface area contributed by atoms with E-state index in [4.69, 9.17) is 16.3 Å². The van der Waals surface area contributed by atoms with Gasteiger partial charge in [0, 0.05) is 37.4 Å². The van der Waals surface area contributed by atoms with Crippen molar-refractivity contribution in [1.82, 2.24) is 19.6 Å². The van der Waals surface area contributed by atoms with E-state index in [-0.39, 0.29) is 30.3 Å². The van der Waals surface area contributed by atoms with Crippen LogP contribution in [-0.2, 0) is 37.0 Å². The highest BCUT2D eigenvalue weighted by Gasteiger charge is 2.34. The summed E-state index contributed by atoms with van der Waals surface area (Å²) in [4.78, 5) is 14.8. The minimum absolute atomic E-state index is 0.0275. The van der Waals surface area contributed by atoms with Crippen LogP contribution in [0.2, 0.25) is 5.02 Å². The van der Waals surface area contributed by atoms with Crippen molar-refractivity contribution in [2.24, 2.45) is 0 Å². The number of hydrogen-bond donors (Lipinski definition) is 1. The predicted molar refractivity (Wildman–Crippen MR) is 126 cm³/mol. The third-order valence-corrected chi connectivity index (χ3v) is 7.06. The standard InChI is InChI=1S/C24H25ClF3N5O3/c25-22-20(11-29-33(23(22)35)21-7-3-4-10-36-21)31-9-8-19-16(13-31)18(14-34)30-32(19)12-15-5-1-2-6-17(15)24(26,27)28/h1-2,5-6,11,21,34H,3-4,7-10,12-14H2. The largest absolute Gasteiger partial charge is 0.416 e. The van der Waals surface area contributed by atoms with Crippen LogP contribution in [0.3, 0.4) is 0 Å². The fraction of sp³-hybridized carbons (Fsp3) is 0.458. The summed E-state index contributed by atoms with van der Waals surface area (Å²) in [6.45, 7) is 0.870. The highest BCUT2D eigenvalue weighted by Crippen LogP contribution is 2.34. The van der Waals surface area contributed by atoms with Gasteiger partial charge in [0.15, 0.2) is 6.23 Å². The molecule has 0 radical (unpaired) electrons. The van der Waals surface area contributed by atoms with Gasteiger partial charge in [-0.2, -0.15) is 28.1 Å². The van der Waals surface area contributed by atoms with E-state index in [0.29, 0.717) is 42.9 Å². The average Bonchev–Trinajstić information content (AvgIpc) is 3.22. The molecule has 1 unspecified atom stereocenters. The zero-order chi connectivity index (χ0) is 25.4. The summed E-state index contributed by atoms with van der Waals surface area (Å²) in [5, 5.41) is 18.7. The minimum atomic E-state index is -4.48. The third-order valence-electron chi connectivity index (χ3n) is 6.70. The number of aliphatic hydroxyl groups excluding tert-OH is 1. The molecular weight excluding hydrogens is 499 g/mol. The van der Waals surface area contributed by atoms with Crippen molar-refractivity contribution < 1.29 is 23.0 Å². The molecule has 0 saturated carbocycles. The zero-order valence-corrected chi connectivity index (χ0v) is 20.1. The average molecular weight is 524 g/mol. The SMILES string of the molecule is O=c1c(Cl)c(N2CCc3c(c(CO)nn3Cc3ccccc3C(F)(F)F)C2)cnn1C1CCCCO1. The molecule has 1 saturated heterocycles. The molecule has 12 heteroatoms. The number of aliphatic hydroxyl groups is 1. The summed E-state index contributed by atoms with van der Waals surface area (Å²) in [5.41, 5.74) is 1.25. The van der Waals surface area contributed by atoms with E-state index in [0.717, 1.165) is 24.6 Å². The molecular formula is C24H25ClF3N5O3. The molecule has 36 heavy (non-hydrogen) atoms. The van der Waals surface area contributed by atoms with E-state index in [1.807, 2.05) is 4.90 Å². The summed E-state index contributed by atoms with van der Waals surface area (Å²) in [6, 6.07) is 5.40. The molecule has 2 aliphatic heterocycles. The van der Waals surface area contributed by atoms with Gasteiger partial charge in [-0.15, -0.1) is 0 Å². The number of alkyl halides is 3. The van der Waals surface area contributed by atoms with Gasteiger partial charge in [0.05, 0.1) is 36.3 Å². The zero-order valence-electron chi connectivity index (χ0n) is 19.3. The van der Waals surface area contributed by atoms with Crippen molar-refractivity contribution in [2.45, 2.75) is 57.8 Å². The number of anilines is 1. The van der Waals surface area contributed by atoms with E-state index in [9.17, 15) is 23.1 Å². The van der Waals surface area contributed by atoms with Gasteiger partial charge in [0.1, 0.15) is 5.02 Å². The number of fused-ring (bicyclic) bond motifs is 1. The summed E-state index contributed by atoms with van der Waals surface area (Å²) >= 11 is 6.48. The van der Waals surface area contributed by atoms with E-state index in [1.54, 1.807) is 6.07 Å². The molecule has 8 nitrogen and oxygen atoms in total. The second-order valence-corrected chi connectivity index (χ2v) is 9.31. The van der Waals surface area contributed by atoms with Gasteiger partial charge in [0.25, 0.3) is 5.56 Å². The number of hydrogen-bond acceptors (Lipinski definition) is 6. The van der Waals surface area contributed by atoms with Crippen LogP contribution in [0, 0.1) is 0 Å². The van der Waals surface area contributed by atoms with E-state index in [1.165, 1.54) is 27.7 Å². The highest BCUT2D eigenvalue weighted by atomic mass is 35.5. The van der Waals surface area contributed by atoms with Gasteiger partial charge in [0.2, 0.25) is 0 Å². The molecule has 1 fully saturated rings. The fourth-order valence-corrected chi connectivity index (χ4v) is 5.15. The number of halogens is 4. The molecule has 1 N–H and O–H groups in total. The van der Waals surface area contributed by atoms with Crippen LogP contribution in [-0.4, -0.2) is 37.8 Å². The lowest BCUT2D eigenvalue weighted by atomic mass is 10.0. The number of benzene rings is 1. The lowest BCUT2D eigenvalue weighted by molar-refractivity contribution is -0.138. The van der Waals surface area contributed by atoms with Crippen molar-refractivity contribution >= 4 is 17.3 Å². The normalized spacial score (nSPS) is 18.4. The summed E-state index contributed by atoms with van der Waals surface area (Å²) in [7, 11) is 0. The Morgan fingerprint density at radius 2 is 2.03 bits per heavy atom. The maximum atomic E-state index is 13.5. The van der Waals surface area contributed by atoms with Crippen molar-refractivity contribution in [1.29, 1.82) is 0 Å². The summed E-state index contributed by atoms with van der Waals surface area (Å²) in [5.74, 6) is 0. The second-order valence-electron chi connectivity index (χ2n) is 8.93. The van der Waals surface area contributed by atoms with Crippen molar-refractivity contribution in [3.63, 3.8) is 0 Å². The molecule has 2 aliphatic rings. The highest BCUT2D eigenvalue weighted by molar-refractivity contribution is 6.33. The summed E-state index contributed by atoms with van der Waals surface area (Å²) in [6.07, 6.45) is -0.370. The van der Waals surface area contributed by atoms with Crippen LogP contribution in [0.15, 0.2) is 35.3 Å². The molecule has 0 bridgehead atoms. The summed E-state index contributed by atoms with van der Waals surface area (Å²) < 4.78 is 48.9. The van der Waals surface area contributed by atoms with Gasteiger partial charge in [-0.1, -0.05) is 29.8 Å². The molecule has 0 aliphatic carbocycles. The van der Waals surface area contributed by atoms with Crippen LogP contribution in [0.5, 0.6) is 0 Å². The molecule has 1 aromatic carbocycles. The van der Waals surface area contributed by atoms with Gasteiger partial charge in [-0.25, -0.2) is 0 Å². The molecule has 1 atom stereocenters. The molecule has 5 rings (SSSR count). The smallest absolute Gasteiger partial charge is 0.390 e. The third kappa shape index (κ3) is 4.62. The van der Waals surface area contributed by atoms with E-state index < -0.39 is 23.5 Å². The quantitative estimate of drug-likeness (QED) is 0.546. The Hall–Kier alpha value is -2.89. The maximum Gasteiger partial charge on any atom is 0.416 e. The van der Waals surface area contributed by atoms with Crippen LogP contribution in [0.25, 0.3) is 0 Å². The molecule has 0 spiro atoms. The Kier molecular flexibility index (Phi) is 6.80. The number of ether oxygens (including phenoxy) is 1. The predicted octanol–water partition coefficient (Wildman–Crippen LogP) is 3.91. The number of rotatable bonds is 5. The van der Waals surface area contributed by atoms with Gasteiger partial charge in [-0.05, 0) is 30.9 Å². The Morgan fingerprint density at radius 1 is 1.22 bits per heavy atom. The van der Waals surface area contributed by atoms with E-state index >= 15 is 0 Å². The van der Waals surface area contributed by atoms with Crippen LogP contribution in [0.1, 0.15) is 53.6 Å². The molecule has 0 amide bonds. The molecule has 192 valence electrons. The number of nitrogens with zero attached hydrogens (tertiary/aromatic N) is 5. The van der Waals surface area contributed by atoms with Crippen LogP contribution >= 0.6 is 11.6 Å². The first-order chi connectivity index (χ1) is 17.3. The van der Waals surface area contributed by atoms with Crippen molar-refractivity contribution in [3.05, 3.63) is 73.9 Å². The lowest BCUT2D eigenvalue weighted by Gasteiger charge is -2.31. The molecule has 3 aromatic rings. The van der Waals surface area contributed by atoms with Crippen LogP contribution < -0.4 is 10.5 Å². The molecule has 2 aromatic heterocycles. The van der Waals surface area contributed by atoms with E-state index in [2.05, 4.69) is 10.2 Å². The van der Waals surface area contributed by atoms with Gasteiger partial charge >= 0.3 is 6.18 Å². The fourth-order valence-electron chi connectivity index (χ4n) is 4.90. The Bertz CT molecular complexity index is 1320. The van der Waals surface area contributed by atoms with Crippen molar-refractivity contribution in [2.75, 3.05) is 18.1 Å². The first-order valence-electron chi connectivity index (χ1n) is 11.7. The lowest BCUT2D eigenvalue weighted by Crippen LogP contribution is -2.36. The monoisotopic (exact) mass is 523 g/mol. The van der Waals surface area contributed by atoms with Crippen LogP contribution in [0.4, 0.5) is 18.9 Å². The second kappa shape index (κ2) is 9.87. The van der Waals surface area contributed by atoms with Gasteiger partial charge < -0.3 is 14.7 Å².